The molecule has 1 rings (SSSR count). The Morgan fingerprint density at radius 2 is 2.67 bits per heavy atom. The molecule has 1 aromatic rings. The molecule has 4 nitrogen and oxygen atoms in total. The van der Waals surface area contributed by atoms with Gasteiger partial charge in [0, 0.05) is 0 Å². The van der Waals surface area contributed by atoms with Crippen LogP contribution in [0.1, 0.15) is 6.92 Å². The molecule has 1 aromatic heterocycles. The second-order valence-corrected chi connectivity index (χ2v) is 2.29. The minimum absolute atomic E-state index is 0.506. The molecule has 0 saturated carbocycles. The van der Waals surface area contributed by atoms with Gasteiger partial charge in [-0.25, -0.2) is 4.99 Å². The molecule has 0 aliphatic rings. The normalized spacial score (nSPS) is 11.9. The van der Waals surface area contributed by atoms with Crippen molar-refractivity contribution >= 4 is 22.3 Å². The third-order valence-electron chi connectivity index (χ3n) is 0.621. The Morgan fingerprint density at radius 3 is 3.11 bits per heavy atom. The summed E-state index contributed by atoms with van der Waals surface area (Å²) < 4.78 is 0. The van der Waals surface area contributed by atoms with E-state index in [2.05, 4.69) is 15.2 Å². The highest BCUT2D eigenvalue weighted by Gasteiger charge is 1.89. The predicted octanol–water partition coefficient (Wildman–Crippen LogP) is 0.547. The van der Waals surface area contributed by atoms with Crippen LogP contribution in [-0.4, -0.2) is 16.0 Å². The fourth-order valence-corrected chi connectivity index (χ4v) is 0.846. The minimum Gasteiger partial charge on any atom is -0.387 e. The van der Waals surface area contributed by atoms with Crippen LogP contribution in [0.15, 0.2) is 10.5 Å². The number of aromatic nitrogens is 2. The van der Waals surface area contributed by atoms with Crippen molar-refractivity contribution in [3.05, 3.63) is 5.51 Å². The van der Waals surface area contributed by atoms with Gasteiger partial charge in [-0.3, -0.25) is 0 Å². The van der Waals surface area contributed by atoms with Crippen molar-refractivity contribution in [2.75, 3.05) is 0 Å². The van der Waals surface area contributed by atoms with Gasteiger partial charge < -0.3 is 5.73 Å². The van der Waals surface area contributed by atoms with Gasteiger partial charge in [0.05, 0.1) is 5.84 Å². The zero-order valence-electron chi connectivity index (χ0n) is 4.90. The zero-order valence-corrected chi connectivity index (χ0v) is 5.72. The molecule has 0 aliphatic carbocycles. The van der Waals surface area contributed by atoms with Crippen molar-refractivity contribution in [2.45, 2.75) is 6.92 Å². The van der Waals surface area contributed by atoms with Crippen LogP contribution in [0.5, 0.6) is 0 Å². The van der Waals surface area contributed by atoms with Gasteiger partial charge in [0.2, 0.25) is 5.13 Å². The van der Waals surface area contributed by atoms with Crippen molar-refractivity contribution < 1.29 is 0 Å². The van der Waals surface area contributed by atoms with E-state index in [0.717, 1.165) is 0 Å². The number of aliphatic imine (C=N–C) groups is 1. The lowest BCUT2D eigenvalue weighted by Crippen LogP contribution is -2.03. The molecule has 0 aliphatic heterocycles. The van der Waals surface area contributed by atoms with Crippen molar-refractivity contribution in [3.63, 3.8) is 0 Å². The van der Waals surface area contributed by atoms with E-state index in [-0.39, 0.29) is 0 Å². The van der Waals surface area contributed by atoms with E-state index in [9.17, 15) is 0 Å². The first-order valence-electron chi connectivity index (χ1n) is 2.36. The fourth-order valence-electron chi connectivity index (χ4n) is 0.367. The van der Waals surface area contributed by atoms with Gasteiger partial charge in [-0.1, -0.05) is 11.3 Å². The van der Waals surface area contributed by atoms with Crippen LogP contribution >= 0.6 is 11.3 Å². The molecule has 2 N–H and O–H groups in total. The maximum atomic E-state index is 5.27. The summed E-state index contributed by atoms with van der Waals surface area (Å²) in [6.07, 6.45) is 0. The molecular weight excluding hydrogens is 136 g/mol. The lowest BCUT2D eigenvalue weighted by atomic mass is 10.7. The maximum Gasteiger partial charge on any atom is 0.233 e. The van der Waals surface area contributed by atoms with Gasteiger partial charge in [0.25, 0.3) is 0 Å². The molecule has 0 radical (unpaired) electrons. The Balaban J connectivity index is 2.80. The topological polar surface area (TPSA) is 64.2 Å². The van der Waals surface area contributed by atoms with Gasteiger partial charge in [0.15, 0.2) is 0 Å². The summed E-state index contributed by atoms with van der Waals surface area (Å²) in [7, 11) is 0. The van der Waals surface area contributed by atoms with E-state index in [1.165, 1.54) is 11.3 Å². The highest BCUT2D eigenvalue weighted by molar-refractivity contribution is 7.13. The number of nitrogens with two attached hydrogens (primary N) is 1. The van der Waals surface area contributed by atoms with Crippen LogP contribution in [0.3, 0.4) is 0 Å². The summed E-state index contributed by atoms with van der Waals surface area (Å²) in [5, 5.41) is 7.85. The standard InChI is InChI=1S/C4H6N4S/c1-3(5)7-4-8-6-2-9-4/h2H,1H3,(H2,5,7,8). The molecule has 1 heterocycles. The summed E-state index contributed by atoms with van der Waals surface area (Å²) in [5.41, 5.74) is 6.89. The SMILES string of the molecule is C/C(N)=N/c1nncs1. The molecule has 0 unspecified atom stereocenters. The minimum atomic E-state index is 0.506. The first-order valence-corrected chi connectivity index (χ1v) is 3.24. The summed E-state index contributed by atoms with van der Waals surface area (Å²) >= 11 is 1.36. The van der Waals surface area contributed by atoms with Crippen LogP contribution in [0, 0.1) is 0 Å². The Morgan fingerprint density at radius 1 is 1.89 bits per heavy atom. The van der Waals surface area contributed by atoms with Gasteiger partial charge >= 0.3 is 0 Å². The van der Waals surface area contributed by atoms with Crippen molar-refractivity contribution in [1.82, 2.24) is 10.2 Å². The van der Waals surface area contributed by atoms with Gasteiger partial charge in [0.1, 0.15) is 5.51 Å². The van der Waals surface area contributed by atoms with Crippen molar-refractivity contribution in [1.29, 1.82) is 0 Å². The monoisotopic (exact) mass is 142 g/mol. The quantitative estimate of drug-likeness (QED) is 0.460. The first-order chi connectivity index (χ1) is 4.29. The van der Waals surface area contributed by atoms with Crippen molar-refractivity contribution in [3.8, 4) is 0 Å². The number of hydrogen-bond acceptors (Lipinski definition) is 4. The Bertz CT molecular complexity index is 198. The summed E-state index contributed by atoms with van der Waals surface area (Å²) in [6, 6.07) is 0. The van der Waals surface area contributed by atoms with Gasteiger partial charge in [-0.05, 0) is 6.92 Å². The Kier molecular flexibility index (Phi) is 1.74. The average molecular weight is 142 g/mol. The highest BCUT2D eigenvalue weighted by atomic mass is 32.1. The van der Waals surface area contributed by atoms with E-state index in [0.29, 0.717) is 11.0 Å². The number of rotatable bonds is 1. The lowest BCUT2D eigenvalue weighted by molar-refractivity contribution is 1.08. The lowest BCUT2D eigenvalue weighted by Gasteiger charge is -1.82. The van der Waals surface area contributed by atoms with E-state index in [1.807, 2.05) is 0 Å². The van der Waals surface area contributed by atoms with Gasteiger partial charge in [-0.15, -0.1) is 10.2 Å². The second kappa shape index (κ2) is 2.54. The van der Waals surface area contributed by atoms with E-state index >= 15 is 0 Å². The predicted molar refractivity (Wildman–Crippen MR) is 36.9 cm³/mol. The molecule has 0 atom stereocenters. The average Bonchev–Trinajstić information content (AvgIpc) is 2.15. The van der Waals surface area contributed by atoms with E-state index in [4.69, 9.17) is 5.73 Å². The van der Waals surface area contributed by atoms with Crippen molar-refractivity contribution in [2.24, 2.45) is 10.7 Å². The zero-order chi connectivity index (χ0) is 6.69. The third kappa shape index (κ3) is 1.77. The summed E-state index contributed by atoms with van der Waals surface area (Å²) in [4.78, 5) is 3.86. The fraction of sp³-hybridized carbons (Fsp3) is 0.250. The van der Waals surface area contributed by atoms with Crippen LogP contribution in [0.2, 0.25) is 0 Å². The molecule has 5 heteroatoms. The molecular formula is C4H6N4S. The summed E-state index contributed by atoms with van der Waals surface area (Å²) in [6.45, 7) is 1.71. The Hall–Kier alpha value is -0.970. The molecule has 0 bridgehead atoms. The van der Waals surface area contributed by atoms with E-state index in [1.54, 1.807) is 12.4 Å². The second-order valence-electron chi connectivity index (χ2n) is 1.47. The number of nitrogens with zero attached hydrogens (tertiary/aromatic N) is 3. The molecule has 9 heavy (non-hydrogen) atoms. The summed E-state index contributed by atoms with van der Waals surface area (Å²) in [5.74, 6) is 0.506. The molecule has 0 aromatic carbocycles. The first kappa shape index (κ1) is 6.15. The van der Waals surface area contributed by atoms with Crippen LogP contribution < -0.4 is 5.73 Å². The van der Waals surface area contributed by atoms with Crippen LogP contribution in [-0.2, 0) is 0 Å². The smallest absolute Gasteiger partial charge is 0.233 e. The van der Waals surface area contributed by atoms with E-state index < -0.39 is 0 Å². The number of hydrogen-bond donors (Lipinski definition) is 1. The van der Waals surface area contributed by atoms with Crippen LogP contribution in [0.4, 0.5) is 5.13 Å². The third-order valence-corrected chi connectivity index (χ3v) is 1.20. The van der Waals surface area contributed by atoms with Crippen LogP contribution in [0.25, 0.3) is 0 Å². The maximum absolute atomic E-state index is 5.27. The molecule has 0 saturated heterocycles. The molecule has 0 fully saturated rings. The Labute approximate surface area is 56.4 Å². The highest BCUT2D eigenvalue weighted by Crippen LogP contribution is 2.11. The largest absolute Gasteiger partial charge is 0.387 e. The van der Waals surface area contributed by atoms with Gasteiger partial charge in [-0.2, -0.15) is 0 Å². The number of amidine groups is 1. The molecule has 0 spiro atoms. The molecule has 0 amide bonds. The molecule has 48 valence electrons.